The van der Waals surface area contributed by atoms with E-state index in [1.165, 1.54) is 37.8 Å². The van der Waals surface area contributed by atoms with E-state index in [4.69, 9.17) is 4.74 Å². The lowest BCUT2D eigenvalue weighted by Gasteiger charge is -2.31. The normalized spacial score (nSPS) is 21.9. The van der Waals surface area contributed by atoms with Crippen LogP contribution in [0.1, 0.15) is 58.4 Å². The quantitative estimate of drug-likeness (QED) is 0.707. The van der Waals surface area contributed by atoms with Gasteiger partial charge in [-0.1, -0.05) is 39.3 Å². The summed E-state index contributed by atoms with van der Waals surface area (Å²) in [7, 11) is 0. The standard InChI is InChI=1S/C19H31NO/c1-4-5-13-21-18-9-7-17(8-10-18)15-19(14-16(2)3)11-6-12-20-19/h7-10,16,20H,4-6,11-15H2,1-3H3. The molecule has 1 N–H and O–H groups in total. The zero-order valence-electron chi connectivity index (χ0n) is 14.0. The minimum absolute atomic E-state index is 0.318. The Hall–Kier alpha value is -1.02. The lowest BCUT2D eigenvalue weighted by atomic mass is 9.82. The van der Waals surface area contributed by atoms with E-state index in [0.717, 1.165) is 31.1 Å². The molecule has 21 heavy (non-hydrogen) atoms. The van der Waals surface area contributed by atoms with Crippen molar-refractivity contribution in [3.05, 3.63) is 29.8 Å². The van der Waals surface area contributed by atoms with Crippen LogP contribution in [-0.2, 0) is 6.42 Å². The van der Waals surface area contributed by atoms with E-state index >= 15 is 0 Å². The van der Waals surface area contributed by atoms with Gasteiger partial charge in [0.1, 0.15) is 5.75 Å². The van der Waals surface area contributed by atoms with Crippen LogP contribution in [0.15, 0.2) is 24.3 Å². The highest BCUT2D eigenvalue weighted by molar-refractivity contribution is 5.28. The van der Waals surface area contributed by atoms with E-state index in [1.54, 1.807) is 0 Å². The predicted octanol–water partition coefficient (Wildman–Crippen LogP) is 4.58. The number of unbranched alkanes of at least 4 members (excludes halogenated alkanes) is 1. The van der Waals surface area contributed by atoms with Gasteiger partial charge in [0.2, 0.25) is 0 Å². The van der Waals surface area contributed by atoms with Gasteiger partial charge in [-0.25, -0.2) is 0 Å². The molecule has 0 aliphatic carbocycles. The Morgan fingerprint density at radius 2 is 2.00 bits per heavy atom. The molecule has 0 radical (unpaired) electrons. The SMILES string of the molecule is CCCCOc1ccc(CC2(CC(C)C)CCCN2)cc1. The molecule has 118 valence electrons. The molecule has 1 atom stereocenters. The van der Waals surface area contributed by atoms with Crippen molar-refractivity contribution >= 4 is 0 Å². The molecule has 2 nitrogen and oxygen atoms in total. The van der Waals surface area contributed by atoms with Gasteiger partial charge >= 0.3 is 0 Å². The van der Waals surface area contributed by atoms with Gasteiger partial charge < -0.3 is 10.1 Å². The van der Waals surface area contributed by atoms with Crippen LogP contribution in [-0.4, -0.2) is 18.7 Å². The van der Waals surface area contributed by atoms with Gasteiger partial charge in [-0.05, 0) is 62.3 Å². The third-order valence-electron chi connectivity index (χ3n) is 4.36. The third-order valence-corrected chi connectivity index (χ3v) is 4.36. The highest BCUT2D eigenvalue weighted by atomic mass is 16.5. The Labute approximate surface area is 130 Å². The van der Waals surface area contributed by atoms with Crippen molar-refractivity contribution in [3.8, 4) is 5.75 Å². The molecule has 1 aromatic rings. The molecule has 1 saturated heterocycles. The summed E-state index contributed by atoms with van der Waals surface area (Å²) in [5, 5.41) is 3.78. The van der Waals surface area contributed by atoms with E-state index in [2.05, 4.69) is 50.4 Å². The summed E-state index contributed by atoms with van der Waals surface area (Å²) in [6.07, 6.45) is 7.33. The van der Waals surface area contributed by atoms with E-state index in [0.29, 0.717) is 5.54 Å². The second-order valence-electron chi connectivity index (χ2n) is 6.93. The van der Waals surface area contributed by atoms with E-state index in [1.807, 2.05) is 0 Å². The minimum atomic E-state index is 0.318. The van der Waals surface area contributed by atoms with Gasteiger partial charge in [0.15, 0.2) is 0 Å². The summed E-state index contributed by atoms with van der Waals surface area (Å²) in [5.74, 6) is 1.75. The maximum Gasteiger partial charge on any atom is 0.119 e. The Morgan fingerprint density at radius 1 is 1.24 bits per heavy atom. The molecular weight excluding hydrogens is 258 g/mol. The van der Waals surface area contributed by atoms with Crippen molar-refractivity contribution in [1.29, 1.82) is 0 Å². The summed E-state index contributed by atoms with van der Waals surface area (Å²) >= 11 is 0. The smallest absolute Gasteiger partial charge is 0.119 e. The molecule has 0 amide bonds. The molecule has 1 aliphatic heterocycles. The van der Waals surface area contributed by atoms with Gasteiger partial charge in [0, 0.05) is 5.54 Å². The van der Waals surface area contributed by atoms with Crippen molar-refractivity contribution in [2.45, 2.75) is 64.8 Å². The minimum Gasteiger partial charge on any atom is -0.494 e. The molecule has 2 rings (SSSR count). The zero-order chi connectivity index (χ0) is 15.1. The first kappa shape index (κ1) is 16.4. The molecule has 0 saturated carbocycles. The molecule has 1 fully saturated rings. The Kier molecular flexibility index (Phi) is 6.10. The van der Waals surface area contributed by atoms with Crippen molar-refractivity contribution < 1.29 is 4.74 Å². The molecule has 2 heteroatoms. The number of hydrogen-bond acceptors (Lipinski definition) is 2. The first-order valence-electron chi connectivity index (χ1n) is 8.60. The third kappa shape index (κ3) is 5.03. The van der Waals surface area contributed by atoms with Crippen LogP contribution in [0, 0.1) is 5.92 Å². The van der Waals surface area contributed by atoms with Crippen LogP contribution in [0.3, 0.4) is 0 Å². The fourth-order valence-electron chi connectivity index (χ4n) is 3.48. The number of ether oxygens (including phenoxy) is 1. The molecule has 0 aromatic heterocycles. The molecule has 1 heterocycles. The average Bonchev–Trinajstić information content (AvgIpc) is 2.88. The Bertz CT molecular complexity index is 404. The van der Waals surface area contributed by atoms with E-state index < -0.39 is 0 Å². The largest absolute Gasteiger partial charge is 0.494 e. The van der Waals surface area contributed by atoms with E-state index in [9.17, 15) is 0 Å². The van der Waals surface area contributed by atoms with Crippen LogP contribution < -0.4 is 10.1 Å². The fourth-order valence-corrected chi connectivity index (χ4v) is 3.48. The van der Waals surface area contributed by atoms with Crippen molar-refractivity contribution in [2.75, 3.05) is 13.2 Å². The Balaban J connectivity index is 1.94. The molecular formula is C19H31NO. The van der Waals surface area contributed by atoms with Crippen LogP contribution in [0.5, 0.6) is 5.75 Å². The highest BCUT2D eigenvalue weighted by Gasteiger charge is 2.33. The monoisotopic (exact) mass is 289 g/mol. The summed E-state index contributed by atoms with van der Waals surface area (Å²) in [5.41, 5.74) is 1.74. The predicted molar refractivity (Wildman–Crippen MR) is 90.0 cm³/mol. The second kappa shape index (κ2) is 7.84. The first-order chi connectivity index (χ1) is 10.1. The van der Waals surface area contributed by atoms with Gasteiger partial charge in [0.25, 0.3) is 0 Å². The van der Waals surface area contributed by atoms with E-state index in [-0.39, 0.29) is 0 Å². The molecule has 0 bridgehead atoms. The van der Waals surface area contributed by atoms with Crippen molar-refractivity contribution in [1.82, 2.24) is 5.32 Å². The van der Waals surface area contributed by atoms with Gasteiger partial charge in [-0.15, -0.1) is 0 Å². The average molecular weight is 289 g/mol. The maximum absolute atomic E-state index is 5.75. The van der Waals surface area contributed by atoms with Crippen LogP contribution in [0.25, 0.3) is 0 Å². The van der Waals surface area contributed by atoms with Crippen LogP contribution in [0.4, 0.5) is 0 Å². The summed E-state index contributed by atoms with van der Waals surface area (Å²) in [4.78, 5) is 0. The van der Waals surface area contributed by atoms with Crippen LogP contribution >= 0.6 is 0 Å². The Morgan fingerprint density at radius 3 is 2.57 bits per heavy atom. The van der Waals surface area contributed by atoms with Gasteiger partial charge in [0.05, 0.1) is 6.61 Å². The maximum atomic E-state index is 5.75. The zero-order valence-corrected chi connectivity index (χ0v) is 14.0. The topological polar surface area (TPSA) is 21.3 Å². The van der Waals surface area contributed by atoms with Crippen LogP contribution in [0.2, 0.25) is 0 Å². The molecule has 1 aliphatic rings. The summed E-state index contributed by atoms with van der Waals surface area (Å²) < 4.78 is 5.75. The molecule has 0 spiro atoms. The number of hydrogen-bond donors (Lipinski definition) is 1. The molecule has 1 unspecified atom stereocenters. The summed E-state index contributed by atoms with van der Waals surface area (Å²) in [6.45, 7) is 8.84. The lowest BCUT2D eigenvalue weighted by Crippen LogP contribution is -2.43. The van der Waals surface area contributed by atoms with Gasteiger partial charge in [-0.3, -0.25) is 0 Å². The number of nitrogens with one attached hydrogen (secondary N) is 1. The molecule has 1 aromatic carbocycles. The number of benzene rings is 1. The fraction of sp³-hybridized carbons (Fsp3) is 0.684. The lowest BCUT2D eigenvalue weighted by molar-refractivity contribution is 0.300. The first-order valence-corrected chi connectivity index (χ1v) is 8.60. The van der Waals surface area contributed by atoms with Crippen molar-refractivity contribution in [3.63, 3.8) is 0 Å². The second-order valence-corrected chi connectivity index (χ2v) is 6.93. The number of rotatable bonds is 8. The summed E-state index contributed by atoms with van der Waals surface area (Å²) in [6, 6.07) is 8.73. The van der Waals surface area contributed by atoms with Gasteiger partial charge in [-0.2, -0.15) is 0 Å². The highest BCUT2D eigenvalue weighted by Crippen LogP contribution is 2.31. The van der Waals surface area contributed by atoms with Crippen molar-refractivity contribution in [2.24, 2.45) is 5.92 Å².